The molecule has 12 heavy (non-hydrogen) atoms. The number of carbonyl (C=O) groups is 2. The maximum atomic E-state index is 10.8. The van der Waals surface area contributed by atoms with Crippen LogP contribution in [-0.4, -0.2) is 17.4 Å². The standard InChI is InChI=1S/C8H14O.CH2O2/c1-6(2)7-3-4-8(9)5-7;2-1-3/h6-7H,3-5H2,1-2H3;1H,(H,2,3). The van der Waals surface area contributed by atoms with Crippen molar-refractivity contribution in [2.24, 2.45) is 11.8 Å². The van der Waals surface area contributed by atoms with Crippen molar-refractivity contribution in [1.29, 1.82) is 0 Å². The van der Waals surface area contributed by atoms with E-state index in [4.69, 9.17) is 9.90 Å². The van der Waals surface area contributed by atoms with Crippen molar-refractivity contribution in [3.8, 4) is 0 Å². The molecule has 1 rings (SSSR count). The highest BCUT2D eigenvalue weighted by Gasteiger charge is 2.23. The molecule has 0 saturated heterocycles. The lowest BCUT2D eigenvalue weighted by Crippen LogP contribution is -2.03. The molecule has 1 unspecified atom stereocenters. The predicted octanol–water partition coefficient (Wildman–Crippen LogP) is 1.71. The van der Waals surface area contributed by atoms with Gasteiger partial charge in [-0.15, -0.1) is 0 Å². The maximum Gasteiger partial charge on any atom is 0.290 e. The summed E-state index contributed by atoms with van der Waals surface area (Å²) in [7, 11) is 0. The first-order valence-corrected chi connectivity index (χ1v) is 4.21. The molecule has 1 aliphatic carbocycles. The Morgan fingerprint density at radius 3 is 2.25 bits per heavy atom. The van der Waals surface area contributed by atoms with Crippen LogP contribution in [0.3, 0.4) is 0 Å². The Bertz CT molecular complexity index is 152. The minimum atomic E-state index is -0.250. The predicted molar refractivity (Wildman–Crippen MR) is 45.9 cm³/mol. The van der Waals surface area contributed by atoms with Gasteiger partial charge in [0.15, 0.2) is 0 Å². The van der Waals surface area contributed by atoms with Gasteiger partial charge < -0.3 is 5.11 Å². The topological polar surface area (TPSA) is 54.4 Å². The molecule has 0 aromatic carbocycles. The normalized spacial score (nSPS) is 21.9. The van der Waals surface area contributed by atoms with Crippen LogP contribution in [0.5, 0.6) is 0 Å². The Balaban J connectivity index is 0.000000354. The van der Waals surface area contributed by atoms with E-state index < -0.39 is 0 Å². The summed E-state index contributed by atoms with van der Waals surface area (Å²) in [5.41, 5.74) is 0. The van der Waals surface area contributed by atoms with Crippen molar-refractivity contribution in [2.75, 3.05) is 0 Å². The summed E-state index contributed by atoms with van der Waals surface area (Å²) < 4.78 is 0. The van der Waals surface area contributed by atoms with E-state index in [0.29, 0.717) is 17.6 Å². The van der Waals surface area contributed by atoms with Gasteiger partial charge in [0, 0.05) is 12.8 Å². The van der Waals surface area contributed by atoms with Crippen LogP contribution >= 0.6 is 0 Å². The first-order chi connectivity index (χ1) is 5.61. The summed E-state index contributed by atoms with van der Waals surface area (Å²) in [6.45, 7) is 4.15. The Morgan fingerprint density at radius 2 is 2.08 bits per heavy atom. The lowest BCUT2D eigenvalue weighted by atomic mass is 9.95. The van der Waals surface area contributed by atoms with Crippen LogP contribution in [0.2, 0.25) is 0 Å². The summed E-state index contributed by atoms with van der Waals surface area (Å²) in [4.78, 5) is 19.1. The fraction of sp³-hybridized carbons (Fsp3) is 0.778. The second kappa shape index (κ2) is 5.75. The summed E-state index contributed by atoms with van der Waals surface area (Å²) in [5, 5.41) is 6.89. The Labute approximate surface area is 72.8 Å². The number of hydrogen-bond acceptors (Lipinski definition) is 2. The molecule has 0 aromatic heterocycles. The van der Waals surface area contributed by atoms with Crippen molar-refractivity contribution in [2.45, 2.75) is 33.1 Å². The van der Waals surface area contributed by atoms with Crippen LogP contribution in [0.4, 0.5) is 0 Å². The zero-order valence-corrected chi connectivity index (χ0v) is 7.62. The third kappa shape index (κ3) is 4.11. The molecule has 1 fully saturated rings. The molecule has 1 saturated carbocycles. The van der Waals surface area contributed by atoms with Crippen molar-refractivity contribution in [1.82, 2.24) is 0 Å². The summed E-state index contributed by atoms with van der Waals surface area (Å²) in [6.07, 6.45) is 2.82. The molecule has 0 bridgehead atoms. The van der Waals surface area contributed by atoms with Gasteiger partial charge in [-0.2, -0.15) is 0 Å². The lowest BCUT2D eigenvalue weighted by molar-refractivity contribution is -0.123. The molecule has 0 radical (unpaired) electrons. The third-order valence-corrected chi connectivity index (χ3v) is 2.23. The molecular weight excluding hydrogens is 156 g/mol. The van der Waals surface area contributed by atoms with E-state index in [9.17, 15) is 4.79 Å². The third-order valence-electron chi connectivity index (χ3n) is 2.23. The summed E-state index contributed by atoms with van der Waals surface area (Å²) in [6, 6.07) is 0. The molecule has 3 heteroatoms. The fourth-order valence-electron chi connectivity index (χ4n) is 1.41. The summed E-state index contributed by atoms with van der Waals surface area (Å²) >= 11 is 0. The molecule has 1 atom stereocenters. The highest BCUT2D eigenvalue weighted by atomic mass is 16.3. The Morgan fingerprint density at radius 1 is 1.58 bits per heavy atom. The largest absolute Gasteiger partial charge is 0.483 e. The van der Waals surface area contributed by atoms with E-state index in [2.05, 4.69) is 13.8 Å². The average molecular weight is 172 g/mol. The van der Waals surface area contributed by atoms with Gasteiger partial charge in [0.05, 0.1) is 0 Å². The second-order valence-electron chi connectivity index (χ2n) is 3.39. The van der Waals surface area contributed by atoms with Crippen molar-refractivity contribution in [3.63, 3.8) is 0 Å². The zero-order valence-electron chi connectivity index (χ0n) is 7.62. The van der Waals surface area contributed by atoms with Crippen molar-refractivity contribution in [3.05, 3.63) is 0 Å². The highest BCUT2D eigenvalue weighted by molar-refractivity contribution is 5.80. The monoisotopic (exact) mass is 172 g/mol. The maximum absolute atomic E-state index is 10.8. The van der Waals surface area contributed by atoms with E-state index in [1.54, 1.807) is 0 Å². The quantitative estimate of drug-likeness (QED) is 0.612. The van der Waals surface area contributed by atoms with Crippen LogP contribution < -0.4 is 0 Å². The average Bonchev–Trinajstić information content (AvgIpc) is 2.37. The minimum Gasteiger partial charge on any atom is -0.483 e. The van der Waals surface area contributed by atoms with Crippen LogP contribution in [0.15, 0.2) is 0 Å². The Hall–Kier alpha value is -0.860. The summed E-state index contributed by atoms with van der Waals surface area (Å²) in [5.74, 6) is 1.86. The van der Waals surface area contributed by atoms with Gasteiger partial charge >= 0.3 is 0 Å². The van der Waals surface area contributed by atoms with Gasteiger partial charge in [0.1, 0.15) is 5.78 Å². The second-order valence-corrected chi connectivity index (χ2v) is 3.39. The fourth-order valence-corrected chi connectivity index (χ4v) is 1.41. The zero-order chi connectivity index (χ0) is 9.56. The minimum absolute atomic E-state index is 0.250. The lowest BCUT2D eigenvalue weighted by Gasteiger charge is -2.10. The molecular formula is C9H16O3. The SMILES string of the molecule is CC(C)C1CCC(=O)C1.O=CO. The molecule has 0 amide bonds. The van der Waals surface area contributed by atoms with Crippen LogP contribution in [0, 0.1) is 11.8 Å². The van der Waals surface area contributed by atoms with Gasteiger partial charge in [-0.25, -0.2) is 0 Å². The van der Waals surface area contributed by atoms with Gasteiger partial charge in [-0.3, -0.25) is 9.59 Å². The smallest absolute Gasteiger partial charge is 0.290 e. The number of ketones is 1. The van der Waals surface area contributed by atoms with Crippen LogP contribution in [-0.2, 0) is 9.59 Å². The highest BCUT2D eigenvalue weighted by Crippen LogP contribution is 2.28. The number of Topliss-reactive ketones (excluding diaryl/α,β-unsaturated/α-hetero) is 1. The molecule has 1 N–H and O–H groups in total. The van der Waals surface area contributed by atoms with E-state index in [-0.39, 0.29) is 6.47 Å². The molecule has 0 aromatic rings. The number of carboxylic acid groups (broad SMARTS) is 1. The van der Waals surface area contributed by atoms with Gasteiger partial charge in [-0.1, -0.05) is 13.8 Å². The van der Waals surface area contributed by atoms with E-state index in [0.717, 1.165) is 19.3 Å². The first-order valence-electron chi connectivity index (χ1n) is 4.21. The van der Waals surface area contributed by atoms with Crippen molar-refractivity contribution < 1.29 is 14.7 Å². The van der Waals surface area contributed by atoms with E-state index >= 15 is 0 Å². The number of hydrogen-bond donors (Lipinski definition) is 1. The molecule has 0 aliphatic heterocycles. The number of rotatable bonds is 1. The molecule has 1 aliphatic rings. The molecule has 0 heterocycles. The van der Waals surface area contributed by atoms with Gasteiger partial charge in [0.25, 0.3) is 6.47 Å². The van der Waals surface area contributed by atoms with Gasteiger partial charge in [0.2, 0.25) is 0 Å². The van der Waals surface area contributed by atoms with E-state index in [1.807, 2.05) is 0 Å². The van der Waals surface area contributed by atoms with E-state index in [1.165, 1.54) is 0 Å². The number of carbonyl (C=O) groups excluding carboxylic acids is 1. The Kier molecular flexibility index (Phi) is 5.34. The first kappa shape index (κ1) is 11.1. The van der Waals surface area contributed by atoms with Crippen LogP contribution in [0.25, 0.3) is 0 Å². The molecule has 0 spiro atoms. The van der Waals surface area contributed by atoms with Gasteiger partial charge in [-0.05, 0) is 18.3 Å². The van der Waals surface area contributed by atoms with Crippen LogP contribution in [0.1, 0.15) is 33.1 Å². The van der Waals surface area contributed by atoms with Crippen molar-refractivity contribution >= 4 is 12.3 Å². The molecule has 70 valence electrons. The molecule has 3 nitrogen and oxygen atoms in total.